The Morgan fingerprint density at radius 2 is 1.83 bits per heavy atom. The molecule has 1 amide bonds. The highest BCUT2D eigenvalue weighted by Gasteiger charge is 2.38. The number of carbonyl (C=O) groups is 1. The van der Waals surface area contributed by atoms with Crippen LogP contribution in [0.1, 0.15) is 69.7 Å². The van der Waals surface area contributed by atoms with E-state index in [-0.39, 0.29) is 5.91 Å². The summed E-state index contributed by atoms with van der Waals surface area (Å²) in [5.41, 5.74) is 0.285. The summed E-state index contributed by atoms with van der Waals surface area (Å²) in [7, 11) is 0. The highest BCUT2D eigenvalue weighted by Crippen LogP contribution is 2.35. The molecule has 1 heterocycles. The first-order valence-electron chi connectivity index (χ1n) is 10.8. The lowest BCUT2D eigenvalue weighted by molar-refractivity contribution is -0.118. The van der Waals surface area contributed by atoms with Crippen LogP contribution >= 0.6 is 0 Å². The second kappa shape index (κ2) is 10.3. The van der Waals surface area contributed by atoms with Crippen molar-refractivity contribution in [1.82, 2.24) is 15.5 Å². The monoisotopic (exact) mass is 413 g/mol. The zero-order valence-electron chi connectivity index (χ0n) is 18.1. The SMILES string of the molecule is CCOc1ccc(C=CC(=O)NC2(c3noc(C)n3)CCCCCC2)cc1OCC. The molecule has 1 aliphatic carbocycles. The van der Waals surface area contributed by atoms with Gasteiger partial charge < -0.3 is 19.3 Å². The van der Waals surface area contributed by atoms with Crippen molar-refractivity contribution in [3.8, 4) is 11.5 Å². The van der Waals surface area contributed by atoms with Gasteiger partial charge in [-0.15, -0.1) is 0 Å². The van der Waals surface area contributed by atoms with Crippen molar-refractivity contribution in [3.05, 3.63) is 41.6 Å². The van der Waals surface area contributed by atoms with E-state index >= 15 is 0 Å². The van der Waals surface area contributed by atoms with Gasteiger partial charge in [0.15, 0.2) is 17.3 Å². The van der Waals surface area contributed by atoms with E-state index in [1.165, 1.54) is 0 Å². The van der Waals surface area contributed by atoms with Crippen LogP contribution in [0, 0.1) is 6.92 Å². The predicted octanol–water partition coefficient (Wildman–Crippen LogP) is 4.55. The van der Waals surface area contributed by atoms with Crippen molar-refractivity contribution < 1.29 is 18.8 Å². The maximum absolute atomic E-state index is 12.8. The summed E-state index contributed by atoms with van der Waals surface area (Å²) in [6, 6.07) is 5.64. The number of carbonyl (C=O) groups excluding carboxylic acids is 1. The lowest BCUT2D eigenvalue weighted by Gasteiger charge is -2.30. The van der Waals surface area contributed by atoms with E-state index in [0.29, 0.717) is 36.4 Å². The third kappa shape index (κ3) is 5.40. The van der Waals surface area contributed by atoms with Crippen molar-refractivity contribution in [2.75, 3.05) is 13.2 Å². The Hall–Kier alpha value is -2.83. The molecular weight excluding hydrogens is 382 g/mol. The average molecular weight is 414 g/mol. The van der Waals surface area contributed by atoms with Crippen LogP contribution in [0.4, 0.5) is 0 Å². The van der Waals surface area contributed by atoms with Gasteiger partial charge in [-0.3, -0.25) is 4.79 Å². The number of amides is 1. The molecule has 3 rings (SSSR count). The second-order valence-corrected chi connectivity index (χ2v) is 7.53. The zero-order valence-corrected chi connectivity index (χ0v) is 18.1. The largest absolute Gasteiger partial charge is 0.490 e. The molecule has 0 unspecified atom stereocenters. The molecule has 0 atom stereocenters. The minimum absolute atomic E-state index is 0.175. The molecule has 1 saturated carbocycles. The molecule has 162 valence electrons. The molecule has 0 aliphatic heterocycles. The van der Waals surface area contributed by atoms with Crippen LogP contribution in [-0.4, -0.2) is 29.3 Å². The summed E-state index contributed by atoms with van der Waals surface area (Å²) in [5.74, 6) is 2.28. The Balaban J connectivity index is 1.76. The van der Waals surface area contributed by atoms with Gasteiger partial charge in [0, 0.05) is 13.0 Å². The lowest BCUT2D eigenvalue weighted by Crippen LogP contribution is -2.45. The van der Waals surface area contributed by atoms with Crippen LogP contribution in [0.15, 0.2) is 28.8 Å². The van der Waals surface area contributed by atoms with Gasteiger partial charge in [0.1, 0.15) is 5.54 Å². The van der Waals surface area contributed by atoms with Crippen molar-refractivity contribution in [2.45, 2.75) is 64.8 Å². The van der Waals surface area contributed by atoms with Gasteiger partial charge in [0.05, 0.1) is 13.2 Å². The fraction of sp³-hybridized carbons (Fsp3) is 0.522. The Morgan fingerprint density at radius 1 is 1.13 bits per heavy atom. The number of hydrogen-bond donors (Lipinski definition) is 1. The molecule has 0 saturated heterocycles. The van der Waals surface area contributed by atoms with Crippen LogP contribution in [0.3, 0.4) is 0 Å². The van der Waals surface area contributed by atoms with Crippen molar-refractivity contribution in [3.63, 3.8) is 0 Å². The third-order valence-corrected chi connectivity index (χ3v) is 5.27. The van der Waals surface area contributed by atoms with Crippen molar-refractivity contribution >= 4 is 12.0 Å². The van der Waals surface area contributed by atoms with E-state index in [9.17, 15) is 4.79 Å². The Labute approximate surface area is 177 Å². The minimum atomic E-state index is -0.578. The van der Waals surface area contributed by atoms with Crippen molar-refractivity contribution in [2.24, 2.45) is 0 Å². The van der Waals surface area contributed by atoms with Gasteiger partial charge >= 0.3 is 0 Å². The quantitative estimate of drug-likeness (QED) is 0.504. The molecule has 1 N–H and O–H groups in total. The minimum Gasteiger partial charge on any atom is -0.490 e. The van der Waals surface area contributed by atoms with E-state index in [1.54, 1.807) is 19.1 Å². The van der Waals surface area contributed by atoms with Gasteiger partial charge in [0.2, 0.25) is 11.8 Å². The Bertz CT molecular complexity index is 867. The first-order chi connectivity index (χ1) is 14.6. The molecule has 2 aromatic rings. The van der Waals surface area contributed by atoms with Gasteiger partial charge in [0.25, 0.3) is 0 Å². The molecule has 1 aromatic carbocycles. The smallest absolute Gasteiger partial charge is 0.244 e. The number of nitrogens with zero attached hydrogens (tertiary/aromatic N) is 2. The number of aryl methyl sites for hydroxylation is 1. The fourth-order valence-corrected chi connectivity index (χ4v) is 3.85. The summed E-state index contributed by atoms with van der Waals surface area (Å²) >= 11 is 0. The second-order valence-electron chi connectivity index (χ2n) is 7.53. The zero-order chi connectivity index (χ0) is 21.4. The number of nitrogens with one attached hydrogen (secondary N) is 1. The molecule has 1 aliphatic rings. The maximum Gasteiger partial charge on any atom is 0.244 e. The summed E-state index contributed by atoms with van der Waals surface area (Å²) in [4.78, 5) is 17.3. The van der Waals surface area contributed by atoms with Crippen LogP contribution in [-0.2, 0) is 10.3 Å². The first-order valence-corrected chi connectivity index (χ1v) is 10.8. The molecule has 1 fully saturated rings. The van der Waals surface area contributed by atoms with E-state index in [4.69, 9.17) is 14.0 Å². The molecular formula is C23H31N3O4. The van der Waals surface area contributed by atoms with E-state index < -0.39 is 5.54 Å². The van der Waals surface area contributed by atoms with Gasteiger partial charge in [-0.1, -0.05) is 36.9 Å². The molecule has 0 radical (unpaired) electrons. The highest BCUT2D eigenvalue weighted by molar-refractivity contribution is 5.92. The molecule has 0 spiro atoms. The van der Waals surface area contributed by atoms with Crippen LogP contribution in [0.2, 0.25) is 0 Å². The number of hydrogen-bond acceptors (Lipinski definition) is 6. The van der Waals surface area contributed by atoms with Crippen LogP contribution < -0.4 is 14.8 Å². The Kier molecular flexibility index (Phi) is 7.49. The standard InChI is InChI=1S/C23H31N3O4/c1-4-28-19-12-10-18(16-20(19)29-5-2)11-13-21(27)25-23(14-8-6-7-9-15-23)22-24-17(3)30-26-22/h10-13,16H,4-9,14-15H2,1-3H3,(H,25,27). The molecule has 7 heteroatoms. The highest BCUT2D eigenvalue weighted by atomic mass is 16.5. The van der Waals surface area contributed by atoms with Gasteiger partial charge in [-0.25, -0.2) is 0 Å². The normalized spacial score (nSPS) is 16.2. The number of aromatic nitrogens is 2. The van der Waals surface area contributed by atoms with Crippen molar-refractivity contribution in [1.29, 1.82) is 0 Å². The van der Waals surface area contributed by atoms with Crippen LogP contribution in [0.25, 0.3) is 6.08 Å². The molecule has 1 aromatic heterocycles. The number of benzene rings is 1. The summed E-state index contributed by atoms with van der Waals surface area (Å²) < 4.78 is 16.5. The number of ether oxygens (including phenoxy) is 2. The fourth-order valence-electron chi connectivity index (χ4n) is 3.85. The molecule has 30 heavy (non-hydrogen) atoms. The summed E-state index contributed by atoms with van der Waals surface area (Å²) in [5, 5.41) is 7.31. The Morgan fingerprint density at radius 3 is 2.47 bits per heavy atom. The molecule has 7 nitrogen and oxygen atoms in total. The predicted molar refractivity (Wildman–Crippen MR) is 114 cm³/mol. The third-order valence-electron chi connectivity index (χ3n) is 5.27. The summed E-state index contributed by atoms with van der Waals surface area (Å²) in [6.07, 6.45) is 9.28. The first kappa shape index (κ1) is 21.9. The average Bonchev–Trinajstić information content (AvgIpc) is 3.04. The van der Waals surface area contributed by atoms with E-state index in [0.717, 1.165) is 44.1 Å². The van der Waals surface area contributed by atoms with E-state index in [1.807, 2.05) is 32.0 Å². The van der Waals surface area contributed by atoms with Gasteiger partial charge in [-0.05, 0) is 50.5 Å². The van der Waals surface area contributed by atoms with Crippen LogP contribution in [0.5, 0.6) is 11.5 Å². The summed E-state index contributed by atoms with van der Waals surface area (Å²) in [6.45, 7) is 6.74. The maximum atomic E-state index is 12.8. The topological polar surface area (TPSA) is 86.5 Å². The lowest BCUT2D eigenvalue weighted by atomic mass is 9.89. The van der Waals surface area contributed by atoms with E-state index in [2.05, 4.69) is 15.5 Å². The molecule has 0 bridgehead atoms. The number of rotatable bonds is 8. The van der Waals surface area contributed by atoms with Gasteiger partial charge in [-0.2, -0.15) is 4.98 Å².